The molecule has 2 aliphatic rings. The van der Waals surface area contributed by atoms with E-state index in [1.54, 1.807) is 0 Å². The van der Waals surface area contributed by atoms with Crippen LogP contribution in [-0.4, -0.2) is 25.8 Å². The van der Waals surface area contributed by atoms with Gasteiger partial charge in [0, 0.05) is 18.7 Å². The summed E-state index contributed by atoms with van der Waals surface area (Å²) in [5.74, 6) is -0.485. The molecule has 0 bridgehead atoms. The van der Waals surface area contributed by atoms with Crippen LogP contribution in [0.5, 0.6) is 0 Å². The summed E-state index contributed by atoms with van der Waals surface area (Å²) in [5.41, 5.74) is 1.08. The second kappa shape index (κ2) is 9.03. The molecule has 182 valence electrons. The topological polar surface area (TPSA) is 100 Å². The molecule has 0 N–H and O–H groups in total. The first-order valence-electron chi connectivity index (χ1n) is 12.2. The van der Waals surface area contributed by atoms with Crippen LogP contribution in [0, 0.1) is 11.3 Å². The smallest absolute Gasteiger partial charge is 0.296 e. The molecule has 0 radical (unpaired) electrons. The molecule has 1 unspecified atom stereocenters. The monoisotopic (exact) mass is 489 g/mol. The van der Waals surface area contributed by atoms with E-state index in [0.717, 1.165) is 45.0 Å². The lowest BCUT2D eigenvalue weighted by Crippen LogP contribution is -2.44. The fourth-order valence-electron chi connectivity index (χ4n) is 4.88. The summed E-state index contributed by atoms with van der Waals surface area (Å²) < 4.78 is 2.26. The van der Waals surface area contributed by atoms with Crippen molar-refractivity contribution >= 4 is 22.4 Å². The Bertz CT molecular complexity index is 1720. The number of hydrazone groups is 1. The van der Waals surface area contributed by atoms with Crippen molar-refractivity contribution in [3.8, 4) is 6.07 Å². The molecule has 4 aromatic rings. The molecule has 1 aliphatic heterocycles. The van der Waals surface area contributed by atoms with Gasteiger partial charge < -0.3 is 0 Å². The van der Waals surface area contributed by atoms with Crippen molar-refractivity contribution in [2.45, 2.75) is 37.9 Å². The maximum absolute atomic E-state index is 13.6. The zero-order valence-corrected chi connectivity index (χ0v) is 19.9. The molecular formula is C29H23N5O3. The summed E-state index contributed by atoms with van der Waals surface area (Å²) in [4.78, 5) is 39.5. The van der Waals surface area contributed by atoms with Crippen molar-refractivity contribution < 1.29 is 4.79 Å². The number of benzene rings is 3. The van der Waals surface area contributed by atoms with Crippen molar-refractivity contribution in [1.82, 2.24) is 14.1 Å². The molecule has 2 heterocycles. The minimum atomic E-state index is -0.757. The van der Waals surface area contributed by atoms with E-state index in [4.69, 9.17) is 5.10 Å². The van der Waals surface area contributed by atoms with E-state index in [0.29, 0.717) is 6.42 Å². The van der Waals surface area contributed by atoms with Crippen LogP contribution in [0.25, 0.3) is 10.8 Å². The number of hydrogen-bond acceptors (Lipinski definition) is 5. The van der Waals surface area contributed by atoms with E-state index >= 15 is 0 Å². The Morgan fingerprint density at radius 1 is 0.973 bits per heavy atom. The van der Waals surface area contributed by atoms with Gasteiger partial charge in [-0.15, -0.1) is 0 Å². The Kier molecular flexibility index (Phi) is 5.53. The second-order valence-corrected chi connectivity index (χ2v) is 9.44. The van der Waals surface area contributed by atoms with Gasteiger partial charge in [0.25, 0.3) is 11.5 Å². The molecule has 37 heavy (non-hydrogen) atoms. The lowest BCUT2D eigenvalue weighted by atomic mass is 9.97. The molecular weight excluding hydrogens is 466 g/mol. The molecule has 1 amide bonds. The first-order valence-corrected chi connectivity index (χ1v) is 12.2. The predicted molar refractivity (Wildman–Crippen MR) is 139 cm³/mol. The van der Waals surface area contributed by atoms with Crippen LogP contribution in [0.3, 0.4) is 0 Å². The standard InChI is InChI=1S/C29H23N5O3/c30-16-23-17-32(24-12-13-24)29(37)33(28(23)36)18-27(35)34-26(20-7-2-1-3-8-20)15-25(31-34)22-11-10-19-6-4-5-9-21(19)14-22/h1-11,14,17,24,26H,12-13,15,18H2. The number of nitriles is 1. The van der Waals surface area contributed by atoms with Crippen LogP contribution in [0.4, 0.5) is 0 Å². The molecule has 0 saturated heterocycles. The number of carbonyl (C=O) groups is 1. The summed E-state index contributed by atoms with van der Waals surface area (Å²) in [6.07, 6.45) is 3.41. The van der Waals surface area contributed by atoms with E-state index in [1.165, 1.54) is 15.8 Å². The van der Waals surface area contributed by atoms with Crippen molar-refractivity contribution in [2.24, 2.45) is 5.10 Å². The number of hydrogen-bond donors (Lipinski definition) is 0. The molecule has 1 aromatic heterocycles. The van der Waals surface area contributed by atoms with E-state index < -0.39 is 23.7 Å². The highest BCUT2D eigenvalue weighted by molar-refractivity contribution is 6.05. The average molecular weight is 490 g/mol. The van der Waals surface area contributed by atoms with Gasteiger partial charge >= 0.3 is 5.69 Å². The third kappa shape index (κ3) is 4.15. The molecule has 1 aliphatic carbocycles. The summed E-state index contributed by atoms with van der Waals surface area (Å²) in [7, 11) is 0. The first-order chi connectivity index (χ1) is 18.0. The van der Waals surface area contributed by atoms with E-state index in [-0.39, 0.29) is 17.6 Å². The fourth-order valence-corrected chi connectivity index (χ4v) is 4.88. The Labute approximate surface area is 212 Å². The third-order valence-corrected chi connectivity index (χ3v) is 6.98. The second-order valence-electron chi connectivity index (χ2n) is 9.44. The van der Waals surface area contributed by atoms with Crippen molar-refractivity contribution in [3.05, 3.63) is 117 Å². The summed E-state index contributed by atoms with van der Waals surface area (Å²) in [6, 6.07) is 25.1. The number of rotatable bonds is 5. The van der Waals surface area contributed by atoms with Crippen LogP contribution in [0.2, 0.25) is 0 Å². The zero-order chi connectivity index (χ0) is 25.5. The van der Waals surface area contributed by atoms with Gasteiger partial charge in [0.15, 0.2) is 0 Å². The average Bonchev–Trinajstić information content (AvgIpc) is 3.68. The molecule has 1 saturated carbocycles. The van der Waals surface area contributed by atoms with Gasteiger partial charge in [-0.1, -0.05) is 66.7 Å². The van der Waals surface area contributed by atoms with Crippen LogP contribution < -0.4 is 11.2 Å². The zero-order valence-electron chi connectivity index (χ0n) is 19.9. The molecule has 0 spiro atoms. The van der Waals surface area contributed by atoms with Crippen LogP contribution in [0.1, 0.15) is 48.0 Å². The van der Waals surface area contributed by atoms with E-state index in [9.17, 15) is 19.6 Å². The summed E-state index contributed by atoms with van der Waals surface area (Å²) in [5, 5.41) is 17.7. The first kappa shape index (κ1) is 22.7. The van der Waals surface area contributed by atoms with Gasteiger partial charge in [0.05, 0.1) is 11.8 Å². The normalized spacial score (nSPS) is 17.0. The minimum Gasteiger partial charge on any atom is -0.296 e. The number of nitrogens with zero attached hydrogens (tertiary/aromatic N) is 5. The Morgan fingerprint density at radius 2 is 1.70 bits per heavy atom. The predicted octanol–water partition coefficient (Wildman–Crippen LogP) is 3.75. The van der Waals surface area contributed by atoms with E-state index in [2.05, 4.69) is 6.07 Å². The van der Waals surface area contributed by atoms with Crippen molar-refractivity contribution in [1.29, 1.82) is 5.26 Å². The quantitative estimate of drug-likeness (QED) is 0.426. The number of carbonyl (C=O) groups excluding carboxylic acids is 1. The van der Waals surface area contributed by atoms with Crippen molar-refractivity contribution in [3.63, 3.8) is 0 Å². The largest absolute Gasteiger partial charge is 0.331 e. The molecule has 1 atom stereocenters. The maximum atomic E-state index is 13.6. The highest BCUT2D eigenvalue weighted by Crippen LogP contribution is 2.34. The van der Waals surface area contributed by atoms with E-state index in [1.807, 2.05) is 72.8 Å². The van der Waals surface area contributed by atoms with Gasteiger partial charge in [-0.2, -0.15) is 10.4 Å². The van der Waals surface area contributed by atoms with Gasteiger partial charge in [-0.25, -0.2) is 14.4 Å². The Balaban J connectivity index is 1.39. The van der Waals surface area contributed by atoms with Crippen LogP contribution >= 0.6 is 0 Å². The summed E-state index contributed by atoms with van der Waals surface area (Å²) >= 11 is 0. The van der Waals surface area contributed by atoms with Gasteiger partial charge in [-0.05, 0) is 40.8 Å². The summed E-state index contributed by atoms with van der Waals surface area (Å²) in [6.45, 7) is -0.488. The van der Waals surface area contributed by atoms with Gasteiger partial charge in [0.2, 0.25) is 0 Å². The maximum Gasteiger partial charge on any atom is 0.331 e. The van der Waals surface area contributed by atoms with Crippen LogP contribution in [0.15, 0.2) is 93.7 Å². The highest BCUT2D eigenvalue weighted by Gasteiger charge is 2.34. The SMILES string of the molecule is N#Cc1cn(C2CC2)c(=O)n(CC(=O)N2N=C(c3ccc4ccccc4c3)CC2c2ccccc2)c1=O. The Morgan fingerprint density at radius 3 is 2.43 bits per heavy atom. The number of aromatic nitrogens is 2. The van der Waals surface area contributed by atoms with Crippen molar-refractivity contribution in [2.75, 3.05) is 0 Å². The minimum absolute atomic E-state index is 0.0390. The molecule has 8 heteroatoms. The van der Waals surface area contributed by atoms with Gasteiger partial charge in [0.1, 0.15) is 18.2 Å². The fraction of sp³-hybridized carbons (Fsp3) is 0.207. The molecule has 8 nitrogen and oxygen atoms in total. The lowest BCUT2D eigenvalue weighted by molar-refractivity contribution is -0.133. The van der Waals surface area contributed by atoms with Gasteiger partial charge in [-0.3, -0.25) is 14.2 Å². The number of amides is 1. The van der Waals surface area contributed by atoms with Crippen LogP contribution in [-0.2, 0) is 11.3 Å². The lowest BCUT2D eigenvalue weighted by Gasteiger charge is -2.22. The number of fused-ring (bicyclic) bond motifs is 1. The highest BCUT2D eigenvalue weighted by atomic mass is 16.2. The Hall–Kier alpha value is -4.77. The third-order valence-electron chi connectivity index (χ3n) is 6.98. The molecule has 3 aromatic carbocycles. The molecule has 1 fully saturated rings. The molecule has 6 rings (SSSR count).